The summed E-state index contributed by atoms with van der Waals surface area (Å²) >= 11 is 0. The van der Waals surface area contributed by atoms with Crippen LogP contribution < -0.4 is 25.4 Å². The Hall–Kier alpha value is -5.04. The first kappa shape index (κ1) is 40.7. The predicted octanol–water partition coefficient (Wildman–Crippen LogP) is 4.49. The van der Waals surface area contributed by atoms with E-state index in [4.69, 9.17) is 18.9 Å². The number of rotatable bonds is 19. The molecular formula is C40H53BN4O8. The van der Waals surface area contributed by atoms with Crippen LogP contribution in [0.4, 0.5) is 4.79 Å². The molecule has 0 saturated heterocycles. The smallest absolute Gasteiger partial charge is 0.407 e. The third-order valence-corrected chi connectivity index (χ3v) is 8.69. The van der Waals surface area contributed by atoms with Gasteiger partial charge in [0.2, 0.25) is 11.8 Å². The molecule has 0 fully saturated rings. The molecule has 0 bridgehead atoms. The highest BCUT2D eigenvalue weighted by Crippen LogP contribution is 2.44. The molecule has 1 atom stereocenters. The fourth-order valence-corrected chi connectivity index (χ4v) is 6.18. The number of hydrogen-bond acceptors (Lipinski definition) is 9. The van der Waals surface area contributed by atoms with Crippen LogP contribution >= 0.6 is 0 Å². The molecule has 0 unspecified atom stereocenters. The van der Waals surface area contributed by atoms with Crippen LogP contribution in [0.25, 0.3) is 11.1 Å². The maximum atomic E-state index is 13.1. The molecule has 0 saturated carbocycles. The fraction of sp³-hybridized carbons (Fsp3) is 0.450. The van der Waals surface area contributed by atoms with Gasteiger partial charge in [-0.2, -0.15) is 0 Å². The minimum absolute atomic E-state index is 0.00413. The number of amides is 3. The third kappa shape index (κ3) is 12.6. The summed E-state index contributed by atoms with van der Waals surface area (Å²) in [6.07, 6.45) is 0.304. The van der Waals surface area contributed by atoms with Crippen LogP contribution in [0.2, 0.25) is 0 Å². The third-order valence-electron chi connectivity index (χ3n) is 8.69. The van der Waals surface area contributed by atoms with Crippen molar-refractivity contribution in [2.24, 2.45) is 0 Å². The van der Waals surface area contributed by atoms with Gasteiger partial charge in [0.05, 0.1) is 13.7 Å². The number of ether oxygens (including phenoxy) is 4. The molecule has 3 aromatic rings. The molecule has 3 amide bonds. The van der Waals surface area contributed by atoms with Crippen molar-refractivity contribution in [3.05, 3.63) is 83.4 Å². The topological polar surface area (TPSA) is 145 Å². The quantitative estimate of drug-likeness (QED) is 0.0925. The van der Waals surface area contributed by atoms with Crippen molar-refractivity contribution in [2.45, 2.75) is 77.5 Å². The molecule has 1 aliphatic rings. The molecule has 3 N–H and O–H groups in total. The van der Waals surface area contributed by atoms with E-state index in [1.165, 1.54) is 0 Å². The minimum Gasteiger partial charge on any atom is -0.496 e. The number of carbonyl (C=O) groups excluding carboxylic acids is 4. The van der Waals surface area contributed by atoms with E-state index < -0.39 is 23.7 Å². The van der Waals surface area contributed by atoms with E-state index in [-0.39, 0.29) is 37.2 Å². The summed E-state index contributed by atoms with van der Waals surface area (Å²) < 4.78 is 22.6. The molecule has 0 radical (unpaired) electrons. The molecule has 0 aromatic heterocycles. The second kappa shape index (κ2) is 19.7. The van der Waals surface area contributed by atoms with Gasteiger partial charge in [-0.15, -0.1) is 0 Å². The van der Waals surface area contributed by atoms with Crippen LogP contribution in [0.3, 0.4) is 0 Å². The molecule has 0 spiro atoms. The summed E-state index contributed by atoms with van der Waals surface area (Å²) in [7, 11) is 3.54. The first-order valence-electron chi connectivity index (χ1n) is 18.2. The highest BCUT2D eigenvalue weighted by Gasteiger charge is 2.31. The lowest BCUT2D eigenvalue weighted by Crippen LogP contribution is -2.45. The van der Waals surface area contributed by atoms with Gasteiger partial charge in [-0.3, -0.25) is 9.59 Å². The Morgan fingerprint density at radius 1 is 0.906 bits per heavy atom. The highest BCUT2D eigenvalue weighted by atomic mass is 16.6. The monoisotopic (exact) mass is 728 g/mol. The Labute approximate surface area is 313 Å². The zero-order valence-electron chi connectivity index (χ0n) is 31.8. The van der Waals surface area contributed by atoms with E-state index in [9.17, 15) is 19.2 Å². The number of hydrogen-bond donors (Lipinski definition) is 3. The molecule has 53 heavy (non-hydrogen) atoms. The van der Waals surface area contributed by atoms with Gasteiger partial charge < -0.3 is 39.7 Å². The zero-order valence-corrected chi connectivity index (χ0v) is 31.8. The number of carbonyl (C=O) groups is 4. The normalized spacial score (nSPS) is 12.6. The van der Waals surface area contributed by atoms with E-state index in [0.29, 0.717) is 57.1 Å². The summed E-state index contributed by atoms with van der Waals surface area (Å²) in [5, 5.41) is 8.32. The fourth-order valence-electron chi connectivity index (χ4n) is 6.18. The molecule has 3 aromatic carbocycles. The molecule has 1 aliphatic carbocycles. The van der Waals surface area contributed by atoms with Crippen LogP contribution in [0.1, 0.15) is 76.0 Å². The van der Waals surface area contributed by atoms with Gasteiger partial charge in [-0.05, 0) is 68.9 Å². The van der Waals surface area contributed by atoms with Crippen LogP contribution in [0.15, 0.2) is 66.7 Å². The van der Waals surface area contributed by atoms with E-state index >= 15 is 0 Å². The van der Waals surface area contributed by atoms with E-state index in [2.05, 4.69) is 28.1 Å². The van der Waals surface area contributed by atoms with E-state index in [0.717, 1.165) is 27.8 Å². The average Bonchev–Trinajstić information content (AvgIpc) is 3.44. The number of esters is 1. The standard InChI is InChI=1S/C40H53BN4O8/c1-6-42-36(46)16-11-23-51-28-18-17-27(35(24-28)50-5)25-45(41)22-21-43-37(47)20-19-34(38(48)53-40(2,3)4)44-39(49)52-26-33-31-14-9-7-12-29(31)30-13-8-10-15-32(30)33/h7-10,12-15,17-18,24,33-34H,6,11,16,19-23,25-26,41H2,1-5H3,(H,42,46)(H,43,47)(H,44,49)/t34-/m0/s1. The van der Waals surface area contributed by atoms with Crippen LogP contribution in [-0.4, -0.2) is 88.3 Å². The maximum Gasteiger partial charge on any atom is 0.407 e. The van der Waals surface area contributed by atoms with Crippen molar-refractivity contribution in [1.82, 2.24) is 20.8 Å². The number of nitrogens with zero attached hydrogens (tertiary/aromatic N) is 1. The molecule has 12 nitrogen and oxygen atoms in total. The number of nitrogens with one attached hydrogen (secondary N) is 3. The molecule has 0 aliphatic heterocycles. The predicted molar refractivity (Wildman–Crippen MR) is 205 cm³/mol. The SMILES string of the molecule is BN(CCNC(=O)CC[C@H](NC(=O)OCC1c2ccccc2-c2ccccc21)C(=O)OC(C)(C)C)Cc1ccc(OCCCC(=O)NCC)cc1OC. The summed E-state index contributed by atoms with van der Waals surface area (Å²) in [5.74, 6) is 0.328. The molecule has 0 heterocycles. The van der Waals surface area contributed by atoms with Gasteiger partial charge in [-0.1, -0.05) is 54.6 Å². The van der Waals surface area contributed by atoms with Crippen molar-refractivity contribution in [2.75, 3.05) is 40.0 Å². The Kier molecular flexibility index (Phi) is 15.1. The highest BCUT2D eigenvalue weighted by molar-refractivity contribution is 6.04. The second-order valence-corrected chi connectivity index (χ2v) is 14.1. The van der Waals surface area contributed by atoms with Crippen LogP contribution in [0, 0.1) is 0 Å². The average molecular weight is 729 g/mol. The number of benzene rings is 3. The van der Waals surface area contributed by atoms with Crippen molar-refractivity contribution in [3.8, 4) is 22.6 Å². The van der Waals surface area contributed by atoms with Gasteiger partial charge in [-0.25, -0.2) is 9.59 Å². The number of fused-ring (bicyclic) bond motifs is 3. The van der Waals surface area contributed by atoms with Crippen LogP contribution in [0.5, 0.6) is 11.5 Å². The van der Waals surface area contributed by atoms with E-state index in [1.807, 2.05) is 74.3 Å². The molecule has 13 heteroatoms. The lowest BCUT2D eigenvalue weighted by molar-refractivity contribution is -0.157. The largest absolute Gasteiger partial charge is 0.496 e. The lowest BCUT2D eigenvalue weighted by atomic mass is 9.98. The van der Waals surface area contributed by atoms with Crippen LogP contribution in [-0.2, 0) is 30.4 Å². The lowest BCUT2D eigenvalue weighted by Gasteiger charge is -2.24. The molecule has 284 valence electrons. The Morgan fingerprint density at radius 3 is 2.21 bits per heavy atom. The summed E-state index contributed by atoms with van der Waals surface area (Å²) in [6.45, 7) is 9.75. The van der Waals surface area contributed by atoms with Crippen molar-refractivity contribution in [1.29, 1.82) is 0 Å². The number of methoxy groups -OCH3 is 1. The Balaban J connectivity index is 1.23. The maximum absolute atomic E-state index is 13.1. The molecular weight excluding hydrogens is 675 g/mol. The summed E-state index contributed by atoms with van der Waals surface area (Å²) in [6, 6.07) is 20.7. The summed E-state index contributed by atoms with van der Waals surface area (Å²) in [4.78, 5) is 52.7. The first-order valence-corrected chi connectivity index (χ1v) is 18.2. The van der Waals surface area contributed by atoms with Gasteiger partial charge in [0, 0.05) is 56.6 Å². The van der Waals surface area contributed by atoms with Gasteiger partial charge in [0.25, 0.3) is 0 Å². The molecule has 4 rings (SSSR count). The number of alkyl carbamates (subject to hydrolysis) is 1. The van der Waals surface area contributed by atoms with Gasteiger partial charge >= 0.3 is 12.1 Å². The van der Waals surface area contributed by atoms with Gasteiger partial charge in [0.1, 0.15) is 29.7 Å². The zero-order chi connectivity index (χ0) is 38.4. The van der Waals surface area contributed by atoms with Gasteiger partial charge in [0.15, 0.2) is 7.98 Å². The Morgan fingerprint density at radius 2 is 1.57 bits per heavy atom. The second-order valence-electron chi connectivity index (χ2n) is 14.1. The Bertz CT molecular complexity index is 1670. The summed E-state index contributed by atoms with van der Waals surface area (Å²) in [5.41, 5.74) is 4.56. The van der Waals surface area contributed by atoms with E-state index in [1.54, 1.807) is 27.9 Å². The van der Waals surface area contributed by atoms with Crippen molar-refractivity contribution in [3.63, 3.8) is 0 Å². The minimum atomic E-state index is -1.07. The van der Waals surface area contributed by atoms with Crippen molar-refractivity contribution >= 4 is 31.9 Å². The van der Waals surface area contributed by atoms with Crippen molar-refractivity contribution < 1.29 is 38.1 Å². The first-order chi connectivity index (χ1) is 25.4.